The average Bonchev–Trinajstić information content (AvgIpc) is 3.12. The fourth-order valence-corrected chi connectivity index (χ4v) is 5.12. The zero-order valence-corrected chi connectivity index (χ0v) is 23.3. The first-order chi connectivity index (χ1) is 17.7. The van der Waals surface area contributed by atoms with Crippen molar-refractivity contribution in [3.8, 4) is 5.75 Å². The highest BCUT2D eigenvalue weighted by Crippen LogP contribution is 2.34. The Morgan fingerprint density at radius 2 is 1.84 bits per heavy atom. The fourth-order valence-electron chi connectivity index (χ4n) is 3.58. The first kappa shape index (κ1) is 27.0. The minimum atomic E-state index is -0.504. The number of nitrogens with zero attached hydrogens (tertiary/aromatic N) is 1. The number of amides is 3. The third-order valence-electron chi connectivity index (χ3n) is 5.63. The van der Waals surface area contributed by atoms with E-state index in [2.05, 4.69) is 35.1 Å². The van der Waals surface area contributed by atoms with Crippen molar-refractivity contribution in [1.82, 2.24) is 4.90 Å². The number of carbonyl (C=O) groups is 3. The highest BCUT2D eigenvalue weighted by molar-refractivity contribution is 9.10. The molecule has 9 heteroatoms. The standard InChI is InChI=1S/C28H24BrClN2O4S/c1-17(2)19-8-10-21(11-9-19)31-26(33)15-32-27(34)25(37-28(32)35)14-18-7-12-24(22(29)13-18)36-16-20-5-3-4-6-23(20)30/h3-14,17H,15-16H2,1-2H3,(H,31,33)/b25-14+. The topological polar surface area (TPSA) is 75.7 Å². The lowest BCUT2D eigenvalue weighted by atomic mass is 10.0. The van der Waals surface area contributed by atoms with E-state index in [4.69, 9.17) is 16.3 Å². The molecule has 0 saturated carbocycles. The van der Waals surface area contributed by atoms with Gasteiger partial charge in [0.25, 0.3) is 11.1 Å². The molecule has 1 saturated heterocycles. The van der Waals surface area contributed by atoms with Crippen LogP contribution in [-0.4, -0.2) is 28.5 Å². The van der Waals surface area contributed by atoms with Gasteiger partial charge in [0.2, 0.25) is 5.91 Å². The summed E-state index contributed by atoms with van der Waals surface area (Å²) in [6.45, 7) is 4.13. The molecule has 0 atom stereocenters. The molecule has 190 valence electrons. The van der Waals surface area contributed by atoms with Gasteiger partial charge in [0.1, 0.15) is 18.9 Å². The molecule has 6 nitrogen and oxygen atoms in total. The van der Waals surface area contributed by atoms with Crippen LogP contribution < -0.4 is 10.1 Å². The number of benzene rings is 3. The summed E-state index contributed by atoms with van der Waals surface area (Å²) in [5.41, 5.74) is 3.34. The molecule has 1 aliphatic heterocycles. The van der Waals surface area contributed by atoms with Crippen LogP contribution in [0.4, 0.5) is 10.5 Å². The maximum Gasteiger partial charge on any atom is 0.294 e. The minimum Gasteiger partial charge on any atom is -0.488 e. The lowest BCUT2D eigenvalue weighted by Crippen LogP contribution is -2.36. The molecule has 3 aromatic carbocycles. The smallest absolute Gasteiger partial charge is 0.294 e. The molecular weight excluding hydrogens is 576 g/mol. The van der Waals surface area contributed by atoms with Crippen molar-refractivity contribution in [2.45, 2.75) is 26.4 Å². The van der Waals surface area contributed by atoms with Crippen LogP contribution in [0, 0.1) is 0 Å². The molecule has 37 heavy (non-hydrogen) atoms. The van der Waals surface area contributed by atoms with Gasteiger partial charge in [-0.25, -0.2) is 0 Å². The van der Waals surface area contributed by atoms with Gasteiger partial charge >= 0.3 is 0 Å². The van der Waals surface area contributed by atoms with Crippen LogP contribution in [-0.2, 0) is 16.2 Å². The summed E-state index contributed by atoms with van der Waals surface area (Å²) in [6.07, 6.45) is 1.62. The van der Waals surface area contributed by atoms with Crippen LogP contribution in [0.1, 0.15) is 36.5 Å². The number of ether oxygens (including phenoxy) is 1. The Bertz CT molecular complexity index is 1370. The average molecular weight is 600 g/mol. The zero-order valence-electron chi connectivity index (χ0n) is 20.2. The number of anilines is 1. The Morgan fingerprint density at radius 1 is 1.11 bits per heavy atom. The van der Waals surface area contributed by atoms with Gasteiger partial charge in [-0.2, -0.15) is 0 Å². The summed E-state index contributed by atoms with van der Waals surface area (Å²) >= 11 is 10.5. The van der Waals surface area contributed by atoms with Gasteiger partial charge in [-0.15, -0.1) is 0 Å². The lowest BCUT2D eigenvalue weighted by molar-refractivity contribution is -0.127. The van der Waals surface area contributed by atoms with Crippen molar-refractivity contribution < 1.29 is 19.1 Å². The number of imide groups is 1. The molecule has 0 radical (unpaired) electrons. The van der Waals surface area contributed by atoms with Gasteiger partial charge in [-0.05, 0) is 81.1 Å². The number of carbonyl (C=O) groups excluding carboxylic acids is 3. The highest BCUT2D eigenvalue weighted by atomic mass is 79.9. The summed E-state index contributed by atoms with van der Waals surface area (Å²) < 4.78 is 6.55. The molecule has 4 rings (SSSR count). The molecule has 0 spiro atoms. The van der Waals surface area contributed by atoms with Gasteiger partial charge in [0, 0.05) is 16.3 Å². The van der Waals surface area contributed by atoms with Crippen LogP contribution >= 0.6 is 39.3 Å². The SMILES string of the molecule is CC(C)c1ccc(NC(=O)CN2C(=O)S/C(=C/c3ccc(OCc4ccccc4Cl)c(Br)c3)C2=O)cc1. The maximum absolute atomic E-state index is 12.9. The Labute approximate surface area is 233 Å². The van der Waals surface area contributed by atoms with Crippen LogP contribution in [0.15, 0.2) is 76.1 Å². The lowest BCUT2D eigenvalue weighted by Gasteiger charge is -2.13. The van der Waals surface area contributed by atoms with E-state index in [1.807, 2.05) is 30.3 Å². The Hall–Kier alpha value is -3.07. The number of rotatable bonds is 8. The Balaban J connectivity index is 1.38. The Kier molecular flexibility index (Phi) is 8.74. The first-order valence-electron chi connectivity index (χ1n) is 11.5. The van der Waals surface area contributed by atoms with Crippen LogP contribution in [0.3, 0.4) is 0 Å². The van der Waals surface area contributed by atoms with Crippen molar-refractivity contribution in [3.05, 3.63) is 97.8 Å². The number of nitrogens with one attached hydrogen (secondary N) is 1. The number of hydrogen-bond donors (Lipinski definition) is 1. The van der Waals surface area contributed by atoms with E-state index >= 15 is 0 Å². The second kappa shape index (κ2) is 12.0. The summed E-state index contributed by atoms with van der Waals surface area (Å²) in [6, 6.07) is 20.3. The van der Waals surface area contributed by atoms with Crippen molar-refractivity contribution in [2.75, 3.05) is 11.9 Å². The van der Waals surface area contributed by atoms with Crippen LogP contribution in [0.5, 0.6) is 5.75 Å². The molecule has 3 aromatic rings. The number of thioether (sulfide) groups is 1. The van der Waals surface area contributed by atoms with E-state index in [9.17, 15) is 14.4 Å². The maximum atomic E-state index is 12.9. The molecule has 1 heterocycles. The second-order valence-electron chi connectivity index (χ2n) is 8.66. The summed E-state index contributed by atoms with van der Waals surface area (Å²) in [5.74, 6) is 0.0481. The first-order valence-corrected chi connectivity index (χ1v) is 13.5. The van der Waals surface area contributed by atoms with Crippen molar-refractivity contribution >= 4 is 68.1 Å². The normalized spacial score (nSPS) is 14.5. The molecule has 1 aliphatic rings. The van der Waals surface area contributed by atoms with E-state index in [1.54, 1.807) is 42.5 Å². The molecule has 1 N–H and O–H groups in total. The van der Waals surface area contributed by atoms with E-state index in [1.165, 1.54) is 0 Å². The molecule has 1 fully saturated rings. The highest BCUT2D eigenvalue weighted by Gasteiger charge is 2.36. The molecule has 3 amide bonds. The van der Waals surface area contributed by atoms with Gasteiger partial charge in [0.05, 0.1) is 9.38 Å². The monoisotopic (exact) mass is 598 g/mol. The van der Waals surface area contributed by atoms with Crippen molar-refractivity contribution in [2.24, 2.45) is 0 Å². The molecule has 0 unspecified atom stereocenters. The van der Waals surface area contributed by atoms with Gasteiger partial charge in [0.15, 0.2) is 0 Å². The zero-order chi connectivity index (χ0) is 26.5. The second-order valence-corrected chi connectivity index (χ2v) is 10.9. The van der Waals surface area contributed by atoms with Gasteiger partial charge in [-0.3, -0.25) is 19.3 Å². The molecule has 0 aromatic heterocycles. The third kappa shape index (κ3) is 6.83. The minimum absolute atomic E-state index is 0.246. The third-order valence-corrected chi connectivity index (χ3v) is 7.53. The molecule has 0 bridgehead atoms. The number of halogens is 2. The molecule has 0 aliphatic carbocycles. The predicted octanol–water partition coefficient (Wildman–Crippen LogP) is 7.48. The number of hydrogen-bond acceptors (Lipinski definition) is 5. The van der Waals surface area contributed by atoms with E-state index in [0.29, 0.717) is 39.0 Å². The fraction of sp³-hybridized carbons (Fsp3) is 0.179. The van der Waals surface area contributed by atoms with Crippen LogP contribution in [0.2, 0.25) is 5.02 Å². The van der Waals surface area contributed by atoms with Crippen LogP contribution in [0.25, 0.3) is 6.08 Å². The van der Waals surface area contributed by atoms with Gasteiger partial charge < -0.3 is 10.1 Å². The van der Waals surface area contributed by atoms with Gasteiger partial charge in [-0.1, -0.05) is 61.8 Å². The van der Waals surface area contributed by atoms with Crippen molar-refractivity contribution in [1.29, 1.82) is 0 Å². The van der Waals surface area contributed by atoms with E-state index < -0.39 is 17.1 Å². The van der Waals surface area contributed by atoms with E-state index in [-0.39, 0.29) is 11.4 Å². The van der Waals surface area contributed by atoms with E-state index in [0.717, 1.165) is 27.8 Å². The largest absolute Gasteiger partial charge is 0.488 e. The summed E-state index contributed by atoms with van der Waals surface area (Å²) in [4.78, 5) is 39.0. The quantitative estimate of drug-likeness (QED) is 0.272. The van der Waals surface area contributed by atoms with Crippen molar-refractivity contribution in [3.63, 3.8) is 0 Å². The predicted molar refractivity (Wildman–Crippen MR) is 152 cm³/mol. The summed E-state index contributed by atoms with van der Waals surface area (Å²) in [5, 5.41) is 2.88. The molecular formula is C28H24BrClN2O4S. The Morgan fingerprint density at radius 3 is 2.51 bits per heavy atom. The summed E-state index contributed by atoms with van der Waals surface area (Å²) in [7, 11) is 0.